The molecular formula is C13H21N3O3. The van der Waals surface area contributed by atoms with Gasteiger partial charge in [0.25, 0.3) is 0 Å². The van der Waals surface area contributed by atoms with Gasteiger partial charge in [-0.05, 0) is 25.7 Å². The number of rotatable bonds is 6. The van der Waals surface area contributed by atoms with E-state index in [1.807, 2.05) is 6.92 Å². The summed E-state index contributed by atoms with van der Waals surface area (Å²) >= 11 is 0. The van der Waals surface area contributed by atoms with E-state index in [0.717, 1.165) is 0 Å². The minimum atomic E-state index is -0.944. The largest absolute Gasteiger partial charge is 0.383 e. The van der Waals surface area contributed by atoms with Crippen LogP contribution < -0.4 is 10.6 Å². The fraction of sp³-hybridized carbons (Fsp3) is 0.769. The molecule has 0 spiro atoms. The number of nitrogens with one attached hydrogen (secondary N) is 2. The number of nitrogens with zero attached hydrogens (tertiary/aromatic N) is 1. The van der Waals surface area contributed by atoms with E-state index in [4.69, 9.17) is 10.00 Å². The molecule has 106 valence electrons. The molecule has 0 heterocycles. The van der Waals surface area contributed by atoms with E-state index in [-0.39, 0.29) is 11.8 Å². The van der Waals surface area contributed by atoms with Crippen molar-refractivity contribution in [3.63, 3.8) is 0 Å². The zero-order valence-corrected chi connectivity index (χ0v) is 11.7. The van der Waals surface area contributed by atoms with Crippen LogP contribution in [0.25, 0.3) is 0 Å². The number of nitriles is 1. The lowest BCUT2D eigenvalue weighted by molar-refractivity contribution is -0.137. The van der Waals surface area contributed by atoms with E-state index in [1.165, 1.54) is 0 Å². The van der Waals surface area contributed by atoms with Gasteiger partial charge in [0.1, 0.15) is 11.5 Å². The average Bonchev–Trinajstić information content (AvgIpc) is 2.34. The highest BCUT2D eigenvalue weighted by molar-refractivity contribution is 5.91. The summed E-state index contributed by atoms with van der Waals surface area (Å²) in [4.78, 5) is 23.7. The highest BCUT2D eigenvalue weighted by Crippen LogP contribution is 2.45. The lowest BCUT2D eigenvalue weighted by atomic mass is 9.63. The molecule has 1 rings (SSSR count). The molecule has 1 unspecified atom stereocenters. The molecule has 1 aliphatic rings. The molecule has 6 nitrogen and oxygen atoms in total. The minimum absolute atomic E-state index is 0.272. The molecule has 1 saturated carbocycles. The molecule has 0 aromatic carbocycles. The zero-order chi connectivity index (χ0) is 14.5. The van der Waals surface area contributed by atoms with Crippen LogP contribution in [0.5, 0.6) is 0 Å². The van der Waals surface area contributed by atoms with Gasteiger partial charge in [-0.3, -0.25) is 9.59 Å². The summed E-state index contributed by atoms with van der Waals surface area (Å²) in [7, 11) is 1.55. The van der Waals surface area contributed by atoms with E-state index in [9.17, 15) is 9.59 Å². The van der Waals surface area contributed by atoms with Crippen molar-refractivity contribution < 1.29 is 14.3 Å². The van der Waals surface area contributed by atoms with Crippen LogP contribution in [0, 0.1) is 22.7 Å². The van der Waals surface area contributed by atoms with Gasteiger partial charge >= 0.3 is 0 Å². The van der Waals surface area contributed by atoms with E-state index >= 15 is 0 Å². The Morgan fingerprint density at radius 2 is 2.16 bits per heavy atom. The van der Waals surface area contributed by atoms with Gasteiger partial charge in [-0.1, -0.05) is 6.92 Å². The Morgan fingerprint density at radius 3 is 2.63 bits per heavy atom. The lowest BCUT2D eigenvalue weighted by Gasteiger charge is -2.39. The molecule has 1 atom stereocenters. The summed E-state index contributed by atoms with van der Waals surface area (Å²) in [6, 6.07) is 1.43. The van der Waals surface area contributed by atoms with E-state index < -0.39 is 11.5 Å². The summed E-state index contributed by atoms with van der Waals surface area (Å²) < 4.78 is 4.82. The quantitative estimate of drug-likeness (QED) is 0.672. The molecule has 1 fully saturated rings. The van der Waals surface area contributed by atoms with E-state index in [0.29, 0.717) is 31.9 Å². The van der Waals surface area contributed by atoms with Gasteiger partial charge in [0.05, 0.1) is 12.7 Å². The molecule has 0 radical (unpaired) electrons. The van der Waals surface area contributed by atoms with Crippen LogP contribution in [0.4, 0.5) is 0 Å². The van der Waals surface area contributed by atoms with Gasteiger partial charge in [0.15, 0.2) is 0 Å². The number of hydrogen-bond acceptors (Lipinski definition) is 4. The fourth-order valence-corrected chi connectivity index (χ4v) is 2.29. The summed E-state index contributed by atoms with van der Waals surface area (Å²) in [5.74, 6) is -0.232. The Hall–Kier alpha value is -1.61. The summed E-state index contributed by atoms with van der Waals surface area (Å²) in [6.45, 7) is 4.43. The van der Waals surface area contributed by atoms with Crippen molar-refractivity contribution >= 4 is 11.8 Å². The van der Waals surface area contributed by atoms with E-state index in [1.54, 1.807) is 14.0 Å². The highest BCUT2D eigenvalue weighted by Gasteiger charge is 2.49. The zero-order valence-electron chi connectivity index (χ0n) is 11.7. The molecule has 6 heteroatoms. The molecule has 0 aromatic heterocycles. The average molecular weight is 267 g/mol. The molecule has 0 bridgehead atoms. The van der Waals surface area contributed by atoms with Crippen molar-refractivity contribution in [3.8, 4) is 6.07 Å². The van der Waals surface area contributed by atoms with Crippen molar-refractivity contribution in [1.82, 2.24) is 10.6 Å². The Balaban J connectivity index is 2.44. The highest BCUT2D eigenvalue weighted by atomic mass is 16.5. The Labute approximate surface area is 113 Å². The van der Waals surface area contributed by atoms with Crippen LogP contribution in [0.3, 0.4) is 0 Å². The van der Waals surface area contributed by atoms with Crippen LogP contribution in [-0.2, 0) is 14.3 Å². The number of amides is 2. The van der Waals surface area contributed by atoms with Crippen molar-refractivity contribution in [3.05, 3.63) is 0 Å². The number of methoxy groups -OCH3 is 1. The van der Waals surface area contributed by atoms with Crippen LogP contribution in [0.1, 0.15) is 26.7 Å². The maximum Gasteiger partial charge on any atom is 0.242 e. The summed E-state index contributed by atoms with van der Waals surface area (Å²) in [5.41, 5.74) is -0.944. The first-order valence-electron chi connectivity index (χ1n) is 6.44. The van der Waals surface area contributed by atoms with Crippen molar-refractivity contribution in [2.45, 2.75) is 32.7 Å². The molecule has 0 saturated heterocycles. The van der Waals surface area contributed by atoms with Gasteiger partial charge in [0.2, 0.25) is 11.8 Å². The minimum Gasteiger partial charge on any atom is -0.383 e. The van der Waals surface area contributed by atoms with Crippen LogP contribution in [0.15, 0.2) is 0 Å². The molecular weight excluding hydrogens is 246 g/mol. The molecule has 2 N–H and O–H groups in total. The van der Waals surface area contributed by atoms with Gasteiger partial charge in [-0.2, -0.15) is 5.26 Å². The Bertz CT molecular complexity index is 383. The molecule has 19 heavy (non-hydrogen) atoms. The molecule has 1 aliphatic carbocycles. The van der Waals surface area contributed by atoms with E-state index in [2.05, 4.69) is 16.7 Å². The first-order valence-corrected chi connectivity index (χ1v) is 6.44. The molecule has 0 aliphatic heterocycles. The first-order chi connectivity index (χ1) is 8.95. The lowest BCUT2D eigenvalue weighted by Crippen LogP contribution is -2.54. The van der Waals surface area contributed by atoms with Gasteiger partial charge in [-0.15, -0.1) is 0 Å². The normalized spacial score (nSPS) is 26.7. The van der Waals surface area contributed by atoms with Gasteiger partial charge < -0.3 is 15.4 Å². The first kappa shape index (κ1) is 15.4. The third kappa shape index (κ3) is 3.67. The molecule has 0 aromatic rings. The predicted molar refractivity (Wildman–Crippen MR) is 68.9 cm³/mol. The fourth-order valence-electron chi connectivity index (χ4n) is 2.29. The van der Waals surface area contributed by atoms with Gasteiger partial charge in [-0.25, -0.2) is 0 Å². The maximum atomic E-state index is 12.0. The van der Waals surface area contributed by atoms with Gasteiger partial charge in [0, 0.05) is 13.7 Å². The maximum absolute atomic E-state index is 12.0. The van der Waals surface area contributed by atoms with Crippen LogP contribution in [0.2, 0.25) is 0 Å². The number of carbonyl (C=O) groups is 2. The standard InChI is InChI=1S/C13H21N3O3/c1-9-6-13(7-9,8-14)12(18)16-10(2)11(17)15-4-5-19-3/h9-10H,4-7H2,1-3H3,(H,15,17)(H,16,18). The second kappa shape index (κ2) is 6.53. The summed E-state index contributed by atoms with van der Waals surface area (Å²) in [5, 5.41) is 14.4. The second-order valence-electron chi connectivity index (χ2n) is 5.19. The second-order valence-corrected chi connectivity index (χ2v) is 5.19. The van der Waals surface area contributed by atoms with Crippen molar-refractivity contribution in [1.29, 1.82) is 5.26 Å². The molecule has 2 amide bonds. The predicted octanol–water partition coefficient (Wildman–Crippen LogP) is 0.194. The SMILES string of the molecule is COCCNC(=O)C(C)NC(=O)C1(C#N)CC(C)C1. The van der Waals surface area contributed by atoms with Crippen molar-refractivity contribution in [2.24, 2.45) is 11.3 Å². The Kier molecular flexibility index (Phi) is 5.31. The number of carbonyl (C=O) groups excluding carboxylic acids is 2. The number of ether oxygens (including phenoxy) is 1. The smallest absolute Gasteiger partial charge is 0.242 e. The topological polar surface area (TPSA) is 91.2 Å². The monoisotopic (exact) mass is 267 g/mol. The third-order valence-corrected chi connectivity index (χ3v) is 3.39. The van der Waals surface area contributed by atoms with Crippen molar-refractivity contribution in [2.75, 3.05) is 20.3 Å². The number of hydrogen-bond donors (Lipinski definition) is 2. The van der Waals surface area contributed by atoms with Crippen LogP contribution >= 0.6 is 0 Å². The summed E-state index contributed by atoms with van der Waals surface area (Å²) in [6.07, 6.45) is 1.13. The Morgan fingerprint density at radius 1 is 1.53 bits per heavy atom. The third-order valence-electron chi connectivity index (χ3n) is 3.39. The van der Waals surface area contributed by atoms with Crippen LogP contribution in [-0.4, -0.2) is 38.1 Å².